The third kappa shape index (κ3) is 5.95. The third-order valence-electron chi connectivity index (χ3n) is 3.21. The third-order valence-corrected chi connectivity index (χ3v) is 4.11. The highest BCUT2D eigenvalue weighted by Gasteiger charge is 2.29. The van der Waals surface area contributed by atoms with Gasteiger partial charge in [-0.1, -0.05) is 13.8 Å². The number of aliphatic hydroxyl groups is 1. The molecule has 1 rings (SSSR count). The van der Waals surface area contributed by atoms with Gasteiger partial charge < -0.3 is 21.3 Å². The molecule has 1 aromatic rings. The van der Waals surface area contributed by atoms with Crippen molar-refractivity contribution in [1.82, 2.24) is 5.32 Å². The lowest BCUT2D eigenvalue weighted by atomic mass is 9.90. The van der Waals surface area contributed by atoms with Gasteiger partial charge in [0.05, 0.1) is 17.9 Å². The summed E-state index contributed by atoms with van der Waals surface area (Å²) in [7, 11) is 0. The normalized spacial score (nSPS) is 13.6. The zero-order chi connectivity index (χ0) is 16.7. The van der Waals surface area contributed by atoms with E-state index in [0.717, 1.165) is 4.90 Å². The molecule has 5 N–H and O–H groups in total. The monoisotopic (exact) mass is 326 g/mol. The van der Waals surface area contributed by atoms with Crippen LogP contribution in [0.4, 0.5) is 0 Å². The van der Waals surface area contributed by atoms with Crippen LogP contribution < -0.4 is 11.1 Å². The largest absolute Gasteiger partial charge is 0.508 e. The first-order valence-electron chi connectivity index (χ1n) is 6.97. The van der Waals surface area contributed by atoms with Crippen LogP contribution in [0.5, 0.6) is 5.75 Å². The molecule has 0 aliphatic carbocycles. The number of hydrogen-bond acceptors (Lipinski definition) is 5. The Morgan fingerprint density at radius 3 is 2.36 bits per heavy atom. The average molecular weight is 326 g/mol. The van der Waals surface area contributed by atoms with Crippen LogP contribution in [0.3, 0.4) is 0 Å². The highest BCUT2D eigenvalue weighted by atomic mass is 32.2. The first kappa shape index (κ1) is 18.3. The number of rotatable bonds is 8. The molecule has 22 heavy (non-hydrogen) atoms. The molecule has 1 unspecified atom stereocenters. The number of hydrogen-bond donors (Lipinski definition) is 4. The zero-order valence-corrected chi connectivity index (χ0v) is 13.5. The molecule has 0 aliphatic rings. The maximum Gasteiger partial charge on any atom is 0.223 e. The van der Waals surface area contributed by atoms with E-state index in [1.165, 1.54) is 11.8 Å². The molecule has 0 saturated carbocycles. The fourth-order valence-electron chi connectivity index (χ4n) is 1.87. The Morgan fingerprint density at radius 1 is 1.27 bits per heavy atom. The molecule has 0 aliphatic heterocycles. The second kappa shape index (κ2) is 8.65. The van der Waals surface area contributed by atoms with E-state index in [2.05, 4.69) is 5.32 Å². The molecule has 7 heteroatoms. The summed E-state index contributed by atoms with van der Waals surface area (Å²) in [4.78, 5) is 24.1. The number of phenolic OH excluding ortho intramolecular Hbond substituents is 1. The Balaban J connectivity index is 2.44. The summed E-state index contributed by atoms with van der Waals surface area (Å²) in [5.41, 5.74) is 5.25. The minimum atomic E-state index is -0.937. The number of primary amides is 1. The quantitative estimate of drug-likeness (QED) is 0.421. The lowest BCUT2D eigenvalue weighted by Gasteiger charge is -2.22. The molecule has 2 amide bonds. The van der Waals surface area contributed by atoms with Gasteiger partial charge in [0.15, 0.2) is 0 Å². The number of phenols is 1. The first-order chi connectivity index (χ1) is 10.3. The van der Waals surface area contributed by atoms with Crippen molar-refractivity contribution in [2.24, 2.45) is 17.6 Å². The Labute approximate surface area is 134 Å². The fourth-order valence-corrected chi connectivity index (χ4v) is 2.60. The van der Waals surface area contributed by atoms with Crippen molar-refractivity contribution in [2.75, 3.05) is 5.88 Å². The van der Waals surface area contributed by atoms with E-state index in [9.17, 15) is 19.8 Å². The highest BCUT2D eigenvalue weighted by Crippen LogP contribution is 2.20. The number of aromatic hydroxyl groups is 1. The SMILES string of the molecule is CC(C)C(O)[C@@H](CC(=O)NCSc1ccc(O)cc1)C(N)=O. The minimum Gasteiger partial charge on any atom is -0.508 e. The van der Waals surface area contributed by atoms with Crippen LogP contribution >= 0.6 is 11.8 Å². The summed E-state index contributed by atoms with van der Waals surface area (Å²) in [6, 6.07) is 6.60. The van der Waals surface area contributed by atoms with E-state index in [-0.39, 0.29) is 24.0 Å². The van der Waals surface area contributed by atoms with Crippen LogP contribution in [0.1, 0.15) is 20.3 Å². The molecule has 0 saturated heterocycles. The number of thioether (sulfide) groups is 1. The van der Waals surface area contributed by atoms with Crippen LogP contribution in [0.2, 0.25) is 0 Å². The van der Waals surface area contributed by atoms with E-state index < -0.39 is 17.9 Å². The Bertz CT molecular complexity index is 505. The maximum atomic E-state index is 11.8. The minimum absolute atomic E-state index is 0.134. The molecular weight excluding hydrogens is 304 g/mol. The summed E-state index contributed by atoms with van der Waals surface area (Å²) in [6.07, 6.45) is -1.07. The Hall–Kier alpha value is -1.73. The van der Waals surface area contributed by atoms with Gasteiger partial charge in [0, 0.05) is 11.3 Å². The van der Waals surface area contributed by atoms with Crippen LogP contribution in [0.25, 0.3) is 0 Å². The van der Waals surface area contributed by atoms with Gasteiger partial charge in [0.2, 0.25) is 11.8 Å². The van der Waals surface area contributed by atoms with E-state index in [4.69, 9.17) is 5.73 Å². The van der Waals surface area contributed by atoms with Crippen molar-refractivity contribution in [2.45, 2.75) is 31.3 Å². The molecule has 0 aromatic heterocycles. The van der Waals surface area contributed by atoms with Crippen molar-refractivity contribution < 1.29 is 19.8 Å². The fraction of sp³-hybridized carbons (Fsp3) is 0.467. The van der Waals surface area contributed by atoms with Crippen molar-refractivity contribution in [3.8, 4) is 5.75 Å². The molecule has 0 radical (unpaired) electrons. The lowest BCUT2D eigenvalue weighted by molar-refractivity contribution is -0.132. The Kier molecular flexibility index (Phi) is 7.20. The molecule has 0 fully saturated rings. The van der Waals surface area contributed by atoms with Gasteiger partial charge in [-0.2, -0.15) is 0 Å². The Morgan fingerprint density at radius 2 is 1.86 bits per heavy atom. The van der Waals surface area contributed by atoms with Gasteiger partial charge >= 0.3 is 0 Å². The standard InChI is InChI=1S/C15H22N2O4S/c1-9(2)14(20)12(15(16)21)7-13(19)17-8-22-11-5-3-10(18)4-6-11/h3-6,9,12,14,18,20H,7-8H2,1-2H3,(H2,16,21)(H,17,19)/t12-,14?/m1/s1. The second-order valence-corrected chi connectivity index (χ2v) is 6.38. The number of carbonyl (C=O) groups excluding carboxylic acids is 2. The summed E-state index contributed by atoms with van der Waals surface area (Å²) in [6.45, 7) is 3.53. The maximum absolute atomic E-state index is 11.8. The number of aliphatic hydroxyl groups excluding tert-OH is 1. The van der Waals surface area contributed by atoms with Crippen molar-refractivity contribution in [3.63, 3.8) is 0 Å². The van der Waals surface area contributed by atoms with E-state index in [1.807, 2.05) is 0 Å². The molecule has 122 valence electrons. The molecule has 6 nitrogen and oxygen atoms in total. The van der Waals surface area contributed by atoms with Gasteiger partial charge in [-0.05, 0) is 30.2 Å². The number of nitrogens with two attached hydrogens (primary N) is 1. The average Bonchev–Trinajstić information content (AvgIpc) is 2.45. The summed E-state index contributed by atoms with van der Waals surface area (Å²) < 4.78 is 0. The molecule has 2 atom stereocenters. The molecule has 0 heterocycles. The number of nitrogens with one attached hydrogen (secondary N) is 1. The van der Waals surface area contributed by atoms with Gasteiger partial charge in [-0.15, -0.1) is 11.8 Å². The highest BCUT2D eigenvalue weighted by molar-refractivity contribution is 7.99. The molecular formula is C15H22N2O4S. The van der Waals surface area contributed by atoms with Crippen LogP contribution in [0, 0.1) is 11.8 Å². The second-order valence-electron chi connectivity index (χ2n) is 5.33. The smallest absolute Gasteiger partial charge is 0.223 e. The van der Waals surface area contributed by atoms with E-state index >= 15 is 0 Å². The zero-order valence-electron chi connectivity index (χ0n) is 12.7. The van der Waals surface area contributed by atoms with Crippen LogP contribution in [-0.2, 0) is 9.59 Å². The molecule has 0 bridgehead atoms. The van der Waals surface area contributed by atoms with Gasteiger partial charge in [-0.25, -0.2) is 0 Å². The first-order valence-corrected chi connectivity index (χ1v) is 7.95. The van der Waals surface area contributed by atoms with Gasteiger partial charge in [-0.3, -0.25) is 9.59 Å². The predicted octanol–water partition coefficient (Wildman–Crippen LogP) is 1.07. The predicted molar refractivity (Wildman–Crippen MR) is 85.1 cm³/mol. The van der Waals surface area contributed by atoms with Crippen molar-refractivity contribution in [1.29, 1.82) is 0 Å². The molecule has 0 spiro atoms. The molecule has 1 aromatic carbocycles. The summed E-state index contributed by atoms with van der Waals surface area (Å²) in [5.74, 6) is -1.56. The number of carbonyl (C=O) groups is 2. The number of benzene rings is 1. The van der Waals surface area contributed by atoms with Crippen LogP contribution in [0.15, 0.2) is 29.2 Å². The van der Waals surface area contributed by atoms with Gasteiger partial charge in [0.1, 0.15) is 5.75 Å². The van der Waals surface area contributed by atoms with E-state index in [0.29, 0.717) is 5.88 Å². The number of amides is 2. The van der Waals surface area contributed by atoms with Crippen molar-refractivity contribution in [3.05, 3.63) is 24.3 Å². The van der Waals surface area contributed by atoms with E-state index in [1.54, 1.807) is 38.1 Å². The topological polar surface area (TPSA) is 113 Å². The van der Waals surface area contributed by atoms with Crippen LogP contribution in [-0.4, -0.2) is 34.0 Å². The lowest BCUT2D eigenvalue weighted by Crippen LogP contribution is -2.40. The van der Waals surface area contributed by atoms with Crippen molar-refractivity contribution >= 4 is 23.6 Å². The summed E-state index contributed by atoms with van der Waals surface area (Å²) in [5, 5.41) is 21.8. The summed E-state index contributed by atoms with van der Waals surface area (Å²) >= 11 is 1.39. The van der Waals surface area contributed by atoms with Gasteiger partial charge in [0.25, 0.3) is 0 Å².